The van der Waals surface area contributed by atoms with Gasteiger partial charge in [-0.15, -0.1) is 11.3 Å². The van der Waals surface area contributed by atoms with Crippen LogP contribution >= 0.6 is 11.3 Å². The molecule has 0 atom stereocenters. The number of aromatic nitrogens is 2. The minimum atomic E-state index is 0.481. The molecule has 0 radical (unpaired) electrons. The molecular weight excluding hydrogens is 334 g/mol. The number of rotatable bonds is 6. The Labute approximate surface area is 151 Å². The van der Waals surface area contributed by atoms with Crippen LogP contribution in [0.5, 0.6) is 0 Å². The summed E-state index contributed by atoms with van der Waals surface area (Å²) in [5.41, 5.74) is 2.06. The molecule has 0 fully saturated rings. The summed E-state index contributed by atoms with van der Waals surface area (Å²) in [4.78, 5) is 12.4. The Bertz CT molecular complexity index is 818. The first-order valence-electron chi connectivity index (χ1n) is 8.25. The van der Waals surface area contributed by atoms with E-state index in [1.807, 2.05) is 24.6 Å². The zero-order valence-corrected chi connectivity index (χ0v) is 15.6. The standard InChI is InChI=1S/C18H23N5OS/c1-4-19-18(23(3)12-15-7-5-9-22(15)2)20-11-14-13-24-17(21-14)16-8-6-10-25-16/h5-10,13H,4,11-12H2,1-3H3,(H,19,20). The van der Waals surface area contributed by atoms with Crippen molar-refractivity contribution in [2.24, 2.45) is 12.0 Å². The first-order chi connectivity index (χ1) is 12.2. The molecule has 25 heavy (non-hydrogen) atoms. The van der Waals surface area contributed by atoms with Crippen LogP contribution in [0.3, 0.4) is 0 Å². The topological polar surface area (TPSA) is 58.6 Å². The maximum absolute atomic E-state index is 5.56. The van der Waals surface area contributed by atoms with Gasteiger partial charge in [0, 0.05) is 32.5 Å². The third-order valence-electron chi connectivity index (χ3n) is 3.82. The number of oxazole rings is 1. The van der Waals surface area contributed by atoms with Gasteiger partial charge in [0.15, 0.2) is 5.96 Å². The van der Waals surface area contributed by atoms with Crippen molar-refractivity contribution in [1.82, 2.24) is 19.8 Å². The van der Waals surface area contributed by atoms with E-state index in [2.05, 4.69) is 52.1 Å². The van der Waals surface area contributed by atoms with Crippen LogP contribution in [0.4, 0.5) is 0 Å². The Kier molecular flexibility index (Phi) is 5.55. The SMILES string of the molecule is CCNC(=NCc1coc(-c2cccs2)n1)N(C)Cc1cccn1C. The zero-order chi connectivity index (χ0) is 17.6. The highest BCUT2D eigenvalue weighted by Crippen LogP contribution is 2.23. The van der Waals surface area contributed by atoms with E-state index < -0.39 is 0 Å². The van der Waals surface area contributed by atoms with Crippen molar-refractivity contribution in [1.29, 1.82) is 0 Å². The van der Waals surface area contributed by atoms with Gasteiger partial charge in [0.05, 0.1) is 18.0 Å². The Balaban J connectivity index is 1.68. The van der Waals surface area contributed by atoms with Crippen LogP contribution in [0.25, 0.3) is 10.8 Å². The molecule has 0 saturated carbocycles. The van der Waals surface area contributed by atoms with Gasteiger partial charge >= 0.3 is 0 Å². The van der Waals surface area contributed by atoms with Crippen molar-refractivity contribution in [2.75, 3.05) is 13.6 Å². The van der Waals surface area contributed by atoms with Gasteiger partial charge in [-0.05, 0) is 30.5 Å². The highest BCUT2D eigenvalue weighted by atomic mass is 32.1. The summed E-state index contributed by atoms with van der Waals surface area (Å²) in [7, 11) is 4.09. The lowest BCUT2D eigenvalue weighted by Crippen LogP contribution is -2.38. The Morgan fingerprint density at radius 2 is 2.28 bits per heavy atom. The van der Waals surface area contributed by atoms with Crippen molar-refractivity contribution in [3.8, 4) is 10.8 Å². The fraction of sp³-hybridized carbons (Fsp3) is 0.333. The molecule has 3 rings (SSSR count). The minimum Gasteiger partial charge on any atom is -0.443 e. The van der Waals surface area contributed by atoms with Gasteiger partial charge in [0.2, 0.25) is 5.89 Å². The first-order valence-corrected chi connectivity index (χ1v) is 9.13. The number of nitrogens with zero attached hydrogens (tertiary/aromatic N) is 4. The second kappa shape index (κ2) is 8.02. The third kappa shape index (κ3) is 4.30. The van der Waals surface area contributed by atoms with E-state index in [9.17, 15) is 0 Å². The number of guanidine groups is 1. The average molecular weight is 357 g/mol. The molecule has 0 aliphatic heterocycles. The molecule has 3 aromatic heterocycles. The van der Waals surface area contributed by atoms with Crippen LogP contribution in [-0.2, 0) is 20.1 Å². The molecule has 0 aromatic carbocycles. The summed E-state index contributed by atoms with van der Waals surface area (Å²) in [6.07, 6.45) is 3.73. The van der Waals surface area contributed by atoms with E-state index in [0.717, 1.165) is 29.6 Å². The third-order valence-corrected chi connectivity index (χ3v) is 4.68. The Morgan fingerprint density at radius 3 is 2.96 bits per heavy atom. The normalized spacial score (nSPS) is 11.7. The molecule has 7 heteroatoms. The van der Waals surface area contributed by atoms with Crippen LogP contribution in [-0.4, -0.2) is 34.0 Å². The van der Waals surface area contributed by atoms with Crippen molar-refractivity contribution >= 4 is 17.3 Å². The molecular formula is C18H23N5OS. The maximum atomic E-state index is 5.56. The van der Waals surface area contributed by atoms with Crippen molar-refractivity contribution in [2.45, 2.75) is 20.0 Å². The lowest BCUT2D eigenvalue weighted by molar-refractivity contribution is 0.461. The number of hydrogen-bond donors (Lipinski definition) is 1. The lowest BCUT2D eigenvalue weighted by Gasteiger charge is -2.22. The van der Waals surface area contributed by atoms with Gasteiger partial charge in [-0.3, -0.25) is 0 Å². The summed E-state index contributed by atoms with van der Waals surface area (Å²) in [5.74, 6) is 1.51. The molecule has 0 spiro atoms. The predicted molar refractivity (Wildman–Crippen MR) is 102 cm³/mol. The van der Waals surface area contributed by atoms with E-state index in [1.54, 1.807) is 17.6 Å². The number of hydrogen-bond acceptors (Lipinski definition) is 4. The second-order valence-electron chi connectivity index (χ2n) is 5.76. The maximum Gasteiger partial charge on any atom is 0.236 e. The van der Waals surface area contributed by atoms with Crippen LogP contribution in [0.1, 0.15) is 18.3 Å². The zero-order valence-electron chi connectivity index (χ0n) is 14.8. The molecule has 3 aromatic rings. The number of aliphatic imine (C=N–C) groups is 1. The fourth-order valence-electron chi connectivity index (χ4n) is 2.50. The molecule has 0 saturated heterocycles. The quantitative estimate of drug-likeness (QED) is 0.543. The van der Waals surface area contributed by atoms with Crippen molar-refractivity contribution < 1.29 is 4.42 Å². The van der Waals surface area contributed by atoms with E-state index in [1.165, 1.54) is 5.69 Å². The monoisotopic (exact) mass is 357 g/mol. The van der Waals surface area contributed by atoms with E-state index in [-0.39, 0.29) is 0 Å². The van der Waals surface area contributed by atoms with Crippen LogP contribution in [0.2, 0.25) is 0 Å². The summed E-state index contributed by atoms with van der Waals surface area (Å²) in [5, 5.41) is 5.34. The summed E-state index contributed by atoms with van der Waals surface area (Å²) >= 11 is 1.62. The Morgan fingerprint density at radius 1 is 1.40 bits per heavy atom. The highest BCUT2D eigenvalue weighted by Gasteiger charge is 2.10. The predicted octanol–water partition coefficient (Wildman–Crippen LogP) is 3.34. The van der Waals surface area contributed by atoms with Crippen LogP contribution < -0.4 is 5.32 Å². The average Bonchev–Trinajstić information content (AvgIpc) is 3.33. The van der Waals surface area contributed by atoms with Crippen LogP contribution in [0.15, 0.2) is 51.5 Å². The minimum absolute atomic E-state index is 0.481. The molecule has 3 heterocycles. The summed E-state index contributed by atoms with van der Waals surface area (Å²) in [6, 6.07) is 8.16. The molecule has 132 valence electrons. The van der Waals surface area contributed by atoms with E-state index in [4.69, 9.17) is 9.41 Å². The first kappa shape index (κ1) is 17.3. The fourth-order valence-corrected chi connectivity index (χ4v) is 3.15. The molecule has 0 bridgehead atoms. The largest absolute Gasteiger partial charge is 0.443 e. The summed E-state index contributed by atoms with van der Waals surface area (Å²) < 4.78 is 7.67. The summed E-state index contributed by atoms with van der Waals surface area (Å²) in [6.45, 7) is 4.15. The van der Waals surface area contributed by atoms with Crippen molar-refractivity contribution in [3.63, 3.8) is 0 Å². The molecule has 1 N–H and O–H groups in total. The second-order valence-corrected chi connectivity index (χ2v) is 6.71. The molecule has 0 aliphatic carbocycles. The molecule has 0 unspecified atom stereocenters. The number of nitrogens with one attached hydrogen (secondary N) is 1. The van der Waals surface area contributed by atoms with Gasteiger partial charge in [0.1, 0.15) is 12.0 Å². The molecule has 6 nitrogen and oxygen atoms in total. The lowest BCUT2D eigenvalue weighted by atomic mass is 10.4. The van der Waals surface area contributed by atoms with Gasteiger partial charge in [-0.1, -0.05) is 6.07 Å². The smallest absolute Gasteiger partial charge is 0.236 e. The van der Waals surface area contributed by atoms with E-state index in [0.29, 0.717) is 12.4 Å². The highest BCUT2D eigenvalue weighted by molar-refractivity contribution is 7.13. The Hall–Kier alpha value is -2.54. The van der Waals surface area contributed by atoms with Gasteiger partial charge in [-0.2, -0.15) is 0 Å². The van der Waals surface area contributed by atoms with Gasteiger partial charge in [0.25, 0.3) is 0 Å². The number of thiophene rings is 1. The van der Waals surface area contributed by atoms with Crippen molar-refractivity contribution in [3.05, 3.63) is 53.5 Å². The van der Waals surface area contributed by atoms with E-state index >= 15 is 0 Å². The van der Waals surface area contributed by atoms with Gasteiger partial charge < -0.3 is 19.2 Å². The number of aryl methyl sites for hydroxylation is 1. The molecule has 0 amide bonds. The molecule has 0 aliphatic rings. The van der Waals surface area contributed by atoms with Crippen LogP contribution in [0, 0.1) is 0 Å². The van der Waals surface area contributed by atoms with Gasteiger partial charge in [-0.25, -0.2) is 9.98 Å².